The minimum atomic E-state index is -0.869. The van der Waals surface area contributed by atoms with Crippen LogP contribution >= 0.6 is 0 Å². The predicted octanol–water partition coefficient (Wildman–Crippen LogP) is 2.02. The van der Waals surface area contributed by atoms with Crippen molar-refractivity contribution in [3.05, 3.63) is 34.9 Å². The molecule has 0 spiro atoms. The number of carbonyl (C=O) groups excluding carboxylic acids is 3. The highest BCUT2D eigenvalue weighted by atomic mass is 16.5. The SMILES string of the molecule is Cc1ccc(C(=O)NCC(=O)OC(C)C(=O)NC2CCCC2)cc1C. The molecule has 0 aliphatic heterocycles. The second-order valence-electron chi connectivity index (χ2n) is 6.60. The second kappa shape index (κ2) is 8.65. The Morgan fingerprint density at radius 2 is 1.84 bits per heavy atom. The van der Waals surface area contributed by atoms with Gasteiger partial charge >= 0.3 is 5.97 Å². The quantitative estimate of drug-likeness (QED) is 0.772. The van der Waals surface area contributed by atoms with E-state index in [9.17, 15) is 14.4 Å². The largest absolute Gasteiger partial charge is 0.451 e. The number of aryl methyl sites for hydroxylation is 2. The zero-order valence-corrected chi connectivity index (χ0v) is 15.1. The Bertz CT molecular complexity index is 651. The van der Waals surface area contributed by atoms with Crippen molar-refractivity contribution in [2.45, 2.75) is 58.6 Å². The van der Waals surface area contributed by atoms with Gasteiger partial charge in [0.15, 0.2) is 6.10 Å². The van der Waals surface area contributed by atoms with E-state index in [1.165, 1.54) is 6.92 Å². The maximum absolute atomic E-state index is 12.1. The summed E-state index contributed by atoms with van der Waals surface area (Å²) in [6.45, 7) is 5.15. The third-order valence-electron chi connectivity index (χ3n) is 4.54. The average Bonchev–Trinajstić information content (AvgIpc) is 3.08. The van der Waals surface area contributed by atoms with Crippen LogP contribution in [-0.2, 0) is 14.3 Å². The Hall–Kier alpha value is -2.37. The maximum atomic E-state index is 12.1. The zero-order chi connectivity index (χ0) is 18.4. The van der Waals surface area contributed by atoms with E-state index >= 15 is 0 Å². The second-order valence-corrected chi connectivity index (χ2v) is 6.60. The highest BCUT2D eigenvalue weighted by Gasteiger charge is 2.23. The molecule has 1 aromatic carbocycles. The molecule has 136 valence electrons. The van der Waals surface area contributed by atoms with Gasteiger partial charge in [-0.2, -0.15) is 0 Å². The Morgan fingerprint density at radius 1 is 1.16 bits per heavy atom. The van der Waals surface area contributed by atoms with E-state index in [1.54, 1.807) is 12.1 Å². The molecule has 2 rings (SSSR count). The highest BCUT2D eigenvalue weighted by Crippen LogP contribution is 2.17. The van der Waals surface area contributed by atoms with Crippen LogP contribution in [0.3, 0.4) is 0 Å². The first-order chi connectivity index (χ1) is 11.9. The fourth-order valence-electron chi connectivity index (χ4n) is 2.82. The van der Waals surface area contributed by atoms with Crippen LogP contribution in [-0.4, -0.2) is 36.5 Å². The molecule has 0 bridgehead atoms. The molecular formula is C19H26N2O4. The van der Waals surface area contributed by atoms with E-state index in [0.29, 0.717) is 5.56 Å². The van der Waals surface area contributed by atoms with Crippen molar-refractivity contribution in [1.29, 1.82) is 0 Å². The van der Waals surface area contributed by atoms with Gasteiger partial charge in [-0.25, -0.2) is 0 Å². The third-order valence-corrected chi connectivity index (χ3v) is 4.54. The molecule has 25 heavy (non-hydrogen) atoms. The maximum Gasteiger partial charge on any atom is 0.326 e. The summed E-state index contributed by atoms with van der Waals surface area (Å²) in [5, 5.41) is 5.40. The van der Waals surface area contributed by atoms with E-state index in [-0.39, 0.29) is 24.4 Å². The van der Waals surface area contributed by atoms with Gasteiger partial charge in [0, 0.05) is 11.6 Å². The van der Waals surface area contributed by atoms with Crippen molar-refractivity contribution in [3.63, 3.8) is 0 Å². The lowest BCUT2D eigenvalue weighted by atomic mass is 10.1. The number of carbonyl (C=O) groups is 3. The number of hydrogen-bond acceptors (Lipinski definition) is 4. The first kappa shape index (κ1) is 19.0. The Morgan fingerprint density at radius 3 is 2.48 bits per heavy atom. The van der Waals surface area contributed by atoms with Crippen molar-refractivity contribution in [2.75, 3.05) is 6.54 Å². The number of nitrogens with one attached hydrogen (secondary N) is 2. The van der Waals surface area contributed by atoms with Crippen molar-refractivity contribution in [1.82, 2.24) is 10.6 Å². The molecule has 6 heteroatoms. The van der Waals surface area contributed by atoms with Gasteiger partial charge in [-0.05, 0) is 56.9 Å². The normalized spacial score (nSPS) is 15.5. The van der Waals surface area contributed by atoms with Gasteiger partial charge in [0.05, 0.1) is 0 Å². The van der Waals surface area contributed by atoms with E-state index in [1.807, 2.05) is 19.9 Å². The number of hydrogen-bond donors (Lipinski definition) is 2. The summed E-state index contributed by atoms with van der Waals surface area (Å²) in [6.07, 6.45) is 3.30. The van der Waals surface area contributed by atoms with Crippen LogP contribution in [0.2, 0.25) is 0 Å². The molecular weight excluding hydrogens is 320 g/mol. The van der Waals surface area contributed by atoms with Crippen molar-refractivity contribution >= 4 is 17.8 Å². The minimum absolute atomic E-state index is 0.179. The third kappa shape index (κ3) is 5.59. The Labute approximate surface area is 148 Å². The lowest BCUT2D eigenvalue weighted by Gasteiger charge is -2.17. The van der Waals surface area contributed by atoms with E-state index in [2.05, 4.69) is 10.6 Å². The lowest BCUT2D eigenvalue weighted by Crippen LogP contribution is -2.42. The number of esters is 1. The molecule has 6 nitrogen and oxygen atoms in total. The highest BCUT2D eigenvalue weighted by molar-refractivity contribution is 5.96. The number of ether oxygens (including phenoxy) is 1. The molecule has 0 saturated heterocycles. The van der Waals surface area contributed by atoms with E-state index in [4.69, 9.17) is 4.74 Å². The summed E-state index contributed by atoms with van der Waals surface area (Å²) < 4.78 is 5.09. The van der Waals surface area contributed by atoms with Gasteiger partial charge in [-0.15, -0.1) is 0 Å². The molecule has 2 N–H and O–H groups in total. The van der Waals surface area contributed by atoms with Crippen molar-refractivity contribution < 1.29 is 19.1 Å². The summed E-state index contributed by atoms with van der Waals surface area (Å²) in [7, 11) is 0. The molecule has 1 aromatic rings. The molecule has 1 saturated carbocycles. The summed E-state index contributed by atoms with van der Waals surface area (Å²) in [5.74, 6) is -1.27. The fourth-order valence-corrected chi connectivity index (χ4v) is 2.82. The van der Waals surface area contributed by atoms with Crippen LogP contribution in [0.4, 0.5) is 0 Å². The number of amides is 2. The Balaban J connectivity index is 1.76. The molecule has 1 unspecified atom stereocenters. The molecule has 2 amide bonds. The molecule has 0 heterocycles. The average molecular weight is 346 g/mol. The van der Waals surface area contributed by atoms with E-state index < -0.39 is 12.1 Å². The van der Waals surface area contributed by atoms with Crippen LogP contribution in [0.1, 0.15) is 54.1 Å². The first-order valence-electron chi connectivity index (χ1n) is 8.72. The van der Waals surface area contributed by atoms with Gasteiger partial charge in [-0.1, -0.05) is 18.9 Å². The summed E-state index contributed by atoms with van der Waals surface area (Å²) >= 11 is 0. The standard InChI is InChI=1S/C19H26N2O4/c1-12-8-9-15(10-13(12)2)19(24)20-11-17(22)25-14(3)18(23)21-16-6-4-5-7-16/h8-10,14,16H,4-7,11H2,1-3H3,(H,20,24)(H,21,23). The summed E-state index contributed by atoms with van der Waals surface area (Å²) in [4.78, 5) is 35.9. The smallest absolute Gasteiger partial charge is 0.326 e. The summed E-state index contributed by atoms with van der Waals surface area (Å²) in [6, 6.07) is 5.52. The Kier molecular flexibility index (Phi) is 6.56. The van der Waals surface area contributed by atoms with Gasteiger partial charge in [-0.3, -0.25) is 14.4 Å². The van der Waals surface area contributed by atoms with Gasteiger partial charge < -0.3 is 15.4 Å². The monoisotopic (exact) mass is 346 g/mol. The van der Waals surface area contributed by atoms with Gasteiger partial charge in [0.1, 0.15) is 6.54 Å². The zero-order valence-electron chi connectivity index (χ0n) is 15.1. The molecule has 0 aromatic heterocycles. The predicted molar refractivity (Wildman–Crippen MR) is 94.2 cm³/mol. The molecule has 0 radical (unpaired) electrons. The van der Waals surface area contributed by atoms with Gasteiger partial charge in [0.25, 0.3) is 11.8 Å². The number of benzene rings is 1. The summed E-state index contributed by atoms with van der Waals surface area (Å²) in [5.41, 5.74) is 2.59. The van der Waals surface area contributed by atoms with Crippen LogP contribution in [0.5, 0.6) is 0 Å². The van der Waals surface area contributed by atoms with Crippen LogP contribution in [0, 0.1) is 13.8 Å². The topological polar surface area (TPSA) is 84.5 Å². The first-order valence-corrected chi connectivity index (χ1v) is 8.72. The fraction of sp³-hybridized carbons (Fsp3) is 0.526. The minimum Gasteiger partial charge on any atom is -0.451 e. The molecule has 1 atom stereocenters. The van der Waals surface area contributed by atoms with Crippen LogP contribution < -0.4 is 10.6 Å². The van der Waals surface area contributed by atoms with Crippen molar-refractivity contribution in [3.8, 4) is 0 Å². The number of rotatable bonds is 6. The van der Waals surface area contributed by atoms with E-state index in [0.717, 1.165) is 36.8 Å². The molecule has 1 aliphatic rings. The molecule has 1 fully saturated rings. The lowest BCUT2D eigenvalue weighted by molar-refractivity contribution is -0.154. The molecule has 1 aliphatic carbocycles. The van der Waals surface area contributed by atoms with Crippen LogP contribution in [0.15, 0.2) is 18.2 Å². The van der Waals surface area contributed by atoms with Gasteiger partial charge in [0.2, 0.25) is 0 Å². The van der Waals surface area contributed by atoms with Crippen LogP contribution in [0.25, 0.3) is 0 Å². The van der Waals surface area contributed by atoms with Crippen molar-refractivity contribution in [2.24, 2.45) is 0 Å².